The van der Waals surface area contributed by atoms with Crippen LogP contribution in [0.1, 0.15) is 72.8 Å². The molecule has 1 saturated carbocycles. The van der Waals surface area contributed by atoms with Gasteiger partial charge < -0.3 is 28.8 Å². The Morgan fingerprint density at radius 3 is 2.77 bits per heavy atom. The van der Waals surface area contributed by atoms with Gasteiger partial charge in [-0.25, -0.2) is 9.18 Å². The maximum Gasteiger partial charge on any atom is 0.341 e. The second-order valence-electron chi connectivity index (χ2n) is 12.8. The monoisotopic (exact) mass is 592 g/mol. The number of hydrogen-bond acceptors (Lipinski definition) is 8. The van der Waals surface area contributed by atoms with Crippen LogP contribution in [0.2, 0.25) is 0 Å². The van der Waals surface area contributed by atoms with Gasteiger partial charge in [0.2, 0.25) is 11.2 Å². The number of ether oxygens (including phenoxy) is 3. The van der Waals surface area contributed by atoms with E-state index in [0.29, 0.717) is 43.4 Å². The number of methoxy groups -OCH3 is 1. The lowest BCUT2D eigenvalue weighted by molar-refractivity contribution is -0.181. The second kappa shape index (κ2) is 10.2. The standard InChI is InChI=1S/C32H37FN4O6/c1-17-29-23(16-42-32(2,3)43-29)19(11-34-17)13-35-9-5-6-18-12-36(15-25(18)35)27-24(33)10-21-26(30(27)41-4)37(20-7-8-20)14-22(28(21)38)31(39)40/h10-11,14,18,20,25H,5-9,12-13,15-16H2,1-4H3,(H,39,40)/t18-,25+/m0/s1. The van der Waals surface area contributed by atoms with Crippen LogP contribution in [-0.4, -0.2) is 64.1 Å². The number of rotatable bonds is 6. The Labute approximate surface area is 249 Å². The van der Waals surface area contributed by atoms with Crippen LogP contribution in [0.4, 0.5) is 10.1 Å². The van der Waals surface area contributed by atoms with Crippen molar-refractivity contribution in [1.29, 1.82) is 0 Å². The molecule has 3 aromatic rings. The lowest BCUT2D eigenvalue weighted by Crippen LogP contribution is -2.45. The highest BCUT2D eigenvalue weighted by Gasteiger charge is 2.42. The molecular formula is C32H37FN4O6. The molecule has 43 heavy (non-hydrogen) atoms. The smallest absolute Gasteiger partial charge is 0.341 e. The number of likely N-dealkylation sites (tertiary alicyclic amines) is 1. The number of carboxylic acids is 1. The number of aromatic nitrogens is 2. The maximum absolute atomic E-state index is 16.0. The number of halogens is 1. The predicted octanol–water partition coefficient (Wildman–Crippen LogP) is 4.63. The van der Waals surface area contributed by atoms with Gasteiger partial charge in [-0.3, -0.25) is 14.7 Å². The van der Waals surface area contributed by atoms with Crippen molar-refractivity contribution in [3.05, 3.63) is 56.9 Å². The third-order valence-corrected chi connectivity index (χ3v) is 9.47. The number of anilines is 1. The zero-order valence-corrected chi connectivity index (χ0v) is 25.0. The number of aryl methyl sites for hydroxylation is 1. The maximum atomic E-state index is 16.0. The fourth-order valence-corrected chi connectivity index (χ4v) is 7.22. The minimum Gasteiger partial charge on any atom is -0.492 e. The molecule has 0 amide bonds. The summed E-state index contributed by atoms with van der Waals surface area (Å²) in [5.41, 5.74) is 2.69. The van der Waals surface area contributed by atoms with Crippen molar-refractivity contribution in [3.63, 3.8) is 0 Å². The summed E-state index contributed by atoms with van der Waals surface area (Å²) in [6.07, 6.45) is 7.11. The topological polar surface area (TPSA) is 106 Å². The van der Waals surface area contributed by atoms with Gasteiger partial charge in [0.25, 0.3) is 0 Å². The van der Waals surface area contributed by atoms with Crippen molar-refractivity contribution in [2.75, 3.05) is 31.6 Å². The summed E-state index contributed by atoms with van der Waals surface area (Å²) in [4.78, 5) is 34.1. The number of nitrogens with zero attached hydrogens (tertiary/aromatic N) is 4. The normalized spacial score (nSPS) is 23.1. The predicted molar refractivity (Wildman–Crippen MR) is 158 cm³/mol. The second-order valence-corrected chi connectivity index (χ2v) is 12.8. The van der Waals surface area contributed by atoms with E-state index in [9.17, 15) is 14.7 Å². The first-order chi connectivity index (χ1) is 20.6. The van der Waals surface area contributed by atoms with Crippen LogP contribution in [0.15, 0.2) is 23.3 Å². The van der Waals surface area contributed by atoms with E-state index in [1.165, 1.54) is 19.4 Å². The number of carboxylic acid groups (broad SMARTS) is 1. The summed E-state index contributed by atoms with van der Waals surface area (Å²) >= 11 is 0. The first-order valence-electron chi connectivity index (χ1n) is 15.0. The van der Waals surface area contributed by atoms with Gasteiger partial charge >= 0.3 is 5.97 Å². The van der Waals surface area contributed by atoms with E-state index < -0.39 is 23.0 Å². The average molecular weight is 593 g/mol. The Balaban J connectivity index is 1.24. The molecule has 3 aliphatic heterocycles. The molecule has 0 spiro atoms. The van der Waals surface area contributed by atoms with Crippen LogP contribution >= 0.6 is 0 Å². The van der Waals surface area contributed by atoms with Crippen molar-refractivity contribution < 1.29 is 28.5 Å². The van der Waals surface area contributed by atoms with Crippen LogP contribution in [-0.2, 0) is 17.9 Å². The van der Waals surface area contributed by atoms with Gasteiger partial charge in [0.05, 0.1) is 30.3 Å². The first kappa shape index (κ1) is 28.1. The number of hydrogen-bond donors (Lipinski definition) is 1. The van der Waals surface area contributed by atoms with Crippen LogP contribution in [0, 0.1) is 18.7 Å². The molecule has 7 rings (SSSR count). The van der Waals surface area contributed by atoms with E-state index in [2.05, 4.69) is 9.88 Å². The van der Waals surface area contributed by atoms with Crippen LogP contribution in [0.5, 0.6) is 11.5 Å². The number of fused-ring (bicyclic) bond motifs is 3. The molecule has 11 heteroatoms. The van der Waals surface area contributed by atoms with Crippen molar-refractivity contribution in [1.82, 2.24) is 14.5 Å². The van der Waals surface area contributed by atoms with Crippen molar-refractivity contribution in [2.24, 2.45) is 5.92 Å². The van der Waals surface area contributed by atoms with E-state index in [1.807, 2.05) is 31.9 Å². The third-order valence-electron chi connectivity index (χ3n) is 9.47. The van der Waals surface area contributed by atoms with Crippen molar-refractivity contribution in [2.45, 2.75) is 77.5 Å². The fraction of sp³-hybridized carbons (Fsp3) is 0.531. The summed E-state index contributed by atoms with van der Waals surface area (Å²) < 4.78 is 35.8. The van der Waals surface area contributed by atoms with Crippen molar-refractivity contribution in [3.8, 4) is 11.5 Å². The molecule has 2 atom stereocenters. The summed E-state index contributed by atoms with van der Waals surface area (Å²) in [6.45, 7) is 9.08. The van der Waals surface area contributed by atoms with Crippen LogP contribution in [0.3, 0.4) is 0 Å². The fourth-order valence-electron chi connectivity index (χ4n) is 7.22. The average Bonchev–Trinajstić information content (AvgIpc) is 3.72. The van der Waals surface area contributed by atoms with E-state index in [1.54, 1.807) is 4.57 Å². The number of carbonyl (C=O) groups is 1. The van der Waals surface area contributed by atoms with E-state index >= 15 is 4.39 Å². The molecule has 3 fully saturated rings. The number of benzene rings is 1. The molecule has 1 aliphatic carbocycles. The highest BCUT2D eigenvalue weighted by molar-refractivity contribution is 5.97. The van der Waals surface area contributed by atoms with Gasteiger partial charge in [0, 0.05) is 63.5 Å². The minimum absolute atomic E-state index is 0.0346. The largest absolute Gasteiger partial charge is 0.492 e. The van der Waals surface area contributed by atoms with E-state index in [0.717, 1.165) is 54.8 Å². The molecule has 0 unspecified atom stereocenters. The van der Waals surface area contributed by atoms with Gasteiger partial charge in [0.15, 0.2) is 11.6 Å². The third kappa shape index (κ3) is 4.73. The Kier molecular flexibility index (Phi) is 6.66. The first-order valence-corrected chi connectivity index (χ1v) is 15.0. The molecule has 228 valence electrons. The molecule has 0 radical (unpaired) electrons. The molecule has 5 heterocycles. The molecule has 0 bridgehead atoms. The summed E-state index contributed by atoms with van der Waals surface area (Å²) in [7, 11) is 1.49. The highest BCUT2D eigenvalue weighted by Crippen LogP contribution is 2.46. The zero-order chi connectivity index (χ0) is 30.2. The Morgan fingerprint density at radius 2 is 2.05 bits per heavy atom. The molecule has 1 N–H and O–H groups in total. The molecule has 2 aromatic heterocycles. The van der Waals surface area contributed by atoms with Crippen LogP contribution in [0.25, 0.3) is 10.9 Å². The molecule has 10 nitrogen and oxygen atoms in total. The van der Waals surface area contributed by atoms with Gasteiger partial charge in [-0.05, 0) is 56.7 Å². The summed E-state index contributed by atoms with van der Waals surface area (Å²) in [5.74, 6) is -1.19. The van der Waals surface area contributed by atoms with E-state index in [4.69, 9.17) is 14.2 Å². The number of aromatic carboxylic acids is 1. The van der Waals surface area contributed by atoms with Gasteiger partial charge in [-0.1, -0.05) is 0 Å². The molecular weight excluding hydrogens is 555 g/mol. The Hall–Kier alpha value is -3.70. The molecule has 4 aliphatic rings. The van der Waals surface area contributed by atoms with Gasteiger partial charge in [0.1, 0.15) is 17.0 Å². The highest BCUT2D eigenvalue weighted by atomic mass is 19.1. The minimum atomic E-state index is -1.32. The van der Waals surface area contributed by atoms with Crippen molar-refractivity contribution >= 4 is 22.6 Å². The quantitative estimate of drug-likeness (QED) is 0.439. The Bertz CT molecular complexity index is 1700. The summed E-state index contributed by atoms with van der Waals surface area (Å²) in [6, 6.07) is 1.44. The van der Waals surface area contributed by atoms with E-state index in [-0.39, 0.29) is 28.8 Å². The SMILES string of the molecule is COc1c(N2C[C@@H]3CCCN(Cc4cnc(C)c5c4COC(C)(C)O5)[C@@H]3C2)c(F)cc2c(=O)c(C(=O)O)cn(C3CC3)c12. The molecule has 2 saturated heterocycles. The van der Waals surface area contributed by atoms with Gasteiger partial charge in [-0.2, -0.15) is 0 Å². The number of pyridine rings is 2. The zero-order valence-electron chi connectivity index (χ0n) is 25.0. The Morgan fingerprint density at radius 1 is 1.26 bits per heavy atom. The number of piperidine rings is 1. The van der Waals surface area contributed by atoms with Gasteiger partial charge in [-0.15, -0.1) is 0 Å². The lowest BCUT2D eigenvalue weighted by atomic mass is 9.91. The molecule has 1 aromatic carbocycles. The lowest BCUT2D eigenvalue weighted by Gasteiger charge is -2.38. The summed E-state index contributed by atoms with van der Waals surface area (Å²) in [5, 5.41) is 9.69. The van der Waals surface area contributed by atoms with Crippen LogP contribution < -0.4 is 19.8 Å².